The number of carbonyl (C=O) groups is 1. The van der Waals surface area contributed by atoms with Crippen LogP contribution in [0.5, 0.6) is 0 Å². The Morgan fingerprint density at radius 2 is 2.33 bits per heavy atom. The van der Waals surface area contributed by atoms with Crippen molar-refractivity contribution in [3.05, 3.63) is 40.4 Å². The number of rotatable bonds is 1. The second-order valence-corrected chi connectivity index (χ2v) is 4.53. The molecule has 0 saturated carbocycles. The van der Waals surface area contributed by atoms with Crippen molar-refractivity contribution in [3.63, 3.8) is 0 Å². The first-order valence-corrected chi connectivity index (χ1v) is 5.93. The summed E-state index contributed by atoms with van der Waals surface area (Å²) in [4.78, 5) is 18.0. The van der Waals surface area contributed by atoms with Crippen molar-refractivity contribution < 1.29 is 9.32 Å². The molecule has 18 heavy (non-hydrogen) atoms. The van der Waals surface area contributed by atoms with Crippen molar-refractivity contribution in [3.8, 4) is 0 Å². The lowest BCUT2D eigenvalue weighted by Crippen LogP contribution is -2.29. The third-order valence-electron chi connectivity index (χ3n) is 2.87. The van der Waals surface area contributed by atoms with E-state index in [1.54, 1.807) is 24.0 Å². The van der Waals surface area contributed by atoms with Crippen molar-refractivity contribution in [2.24, 2.45) is 0 Å². The zero-order chi connectivity index (χ0) is 12.7. The molecule has 0 spiro atoms. The van der Waals surface area contributed by atoms with Gasteiger partial charge in [-0.25, -0.2) is 4.98 Å². The number of anilines is 1. The maximum atomic E-state index is 12.3. The van der Waals surface area contributed by atoms with Crippen LogP contribution >= 0.6 is 11.6 Å². The van der Waals surface area contributed by atoms with Crippen molar-refractivity contribution in [1.82, 2.24) is 10.1 Å². The average Bonchev–Trinajstić information content (AvgIpc) is 2.94. The van der Waals surface area contributed by atoms with Crippen LogP contribution in [0.4, 0.5) is 5.82 Å². The molecular weight excluding hydrogens is 254 g/mol. The van der Waals surface area contributed by atoms with Crippen LogP contribution in [0.3, 0.4) is 0 Å². The maximum absolute atomic E-state index is 12.3. The van der Waals surface area contributed by atoms with Gasteiger partial charge in [0.25, 0.3) is 5.91 Å². The number of carbonyl (C=O) groups excluding carboxylic acids is 1. The van der Waals surface area contributed by atoms with Gasteiger partial charge in [-0.2, -0.15) is 0 Å². The number of pyridine rings is 1. The summed E-state index contributed by atoms with van der Waals surface area (Å²) in [6.07, 6.45) is 0.780. The van der Waals surface area contributed by atoms with E-state index in [1.807, 2.05) is 6.07 Å². The van der Waals surface area contributed by atoms with E-state index >= 15 is 0 Å². The minimum absolute atomic E-state index is 0.208. The lowest BCUT2D eigenvalue weighted by molar-refractivity contribution is 0.0980. The fourth-order valence-corrected chi connectivity index (χ4v) is 2.17. The van der Waals surface area contributed by atoms with Gasteiger partial charge in [0.05, 0.1) is 0 Å². The molecule has 2 aromatic heterocycles. The van der Waals surface area contributed by atoms with Crippen molar-refractivity contribution >= 4 is 23.3 Å². The lowest BCUT2D eigenvalue weighted by Gasteiger charge is -2.14. The predicted molar refractivity (Wildman–Crippen MR) is 65.9 cm³/mol. The van der Waals surface area contributed by atoms with Crippen molar-refractivity contribution in [2.75, 3.05) is 11.4 Å². The molecule has 5 nitrogen and oxygen atoms in total. The smallest absolute Gasteiger partial charge is 0.281 e. The standard InChI is InChI=1S/C12H10ClN3O2/c1-7-6-9(15-18-7)12(17)16-5-4-8-2-3-10(13)14-11(8)16/h2-3,6H,4-5H2,1H3. The first kappa shape index (κ1) is 11.2. The second kappa shape index (κ2) is 4.10. The quantitative estimate of drug-likeness (QED) is 0.741. The van der Waals surface area contributed by atoms with E-state index in [1.165, 1.54) is 0 Å². The monoisotopic (exact) mass is 263 g/mol. The number of aromatic nitrogens is 2. The summed E-state index contributed by atoms with van der Waals surface area (Å²) in [5, 5.41) is 4.11. The Bertz CT molecular complexity index is 624. The molecule has 1 aliphatic rings. The minimum atomic E-state index is -0.208. The number of hydrogen-bond acceptors (Lipinski definition) is 4. The molecule has 0 saturated heterocycles. The number of amides is 1. The number of halogens is 1. The Kier molecular flexibility index (Phi) is 2.56. The number of fused-ring (bicyclic) bond motifs is 1. The molecular formula is C12H10ClN3O2. The molecule has 1 aliphatic heterocycles. The van der Waals surface area contributed by atoms with Gasteiger partial charge in [0, 0.05) is 12.6 Å². The molecule has 0 atom stereocenters. The van der Waals surface area contributed by atoms with Crippen molar-refractivity contribution in [1.29, 1.82) is 0 Å². The van der Waals surface area contributed by atoms with Gasteiger partial charge in [-0.15, -0.1) is 0 Å². The number of hydrogen-bond donors (Lipinski definition) is 0. The highest BCUT2D eigenvalue weighted by atomic mass is 35.5. The highest BCUT2D eigenvalue weighted by molar-refractivity contribution is 6.29. The first-order chi connectivity index (χ1) is 8.65. The van der Waals surface area contributed by atoms with E-state index < -0.39 is 0 Å². The summed E-state index contributed by atoms with van der Waals surface area (Å²) < 4.78 is 4.91. The highest BCUT2D eigenvalue weighted by Crippen LogP contribution is 2.28. The van der Waals surface area contributed by atoms with Gasteiger partial charge in [-0.1, -0.05) is 22.8 Å². The highest BCUT2D eigenvalue weighted by Gasteiger charge is 2.28. The summed E-state index contributed by atoms with van der Waals surface area (Å²) in [5.41, 5.74) is 1.31. The molecule has 0 bridgehead atoms. The lowest BCUT2D eigenvalue weighted by atomic mass is 10.2. The molecule has 0 aliphatic carbocycles. The fourth-order valence-electron chi connectivity index (χ4n) is 2.02. The van der Waals surface area contributed by atoms with E-state index in [9.17, 15) is 4.79 Å². The Balaban J connectivity index is 1.96. The van der Waals surface area contributed by atoms with Gasteiger partial charge in [0.2, 0.25) is 0 Å². The molecule has 3 heterocycles. The van der Waals surface area contributed by atoms with Crippen LogP contribution in [-0.2, 0) is 6.42 Å². The van der Waals surface area contributed by atoms with Crippen LogP contribution < -0.4 is 4.90 Å². The SMILES string of the molecule is Cc1cc(C(=O)N2CCc3ccc(Cl)nc32)no1. The van der Waals surface area contributed by atoms with E-state index in [4.69, 9.17) is 16.1 Å². The normalized spacial score (nSPS) is 13.8. The van der Waals surface area contributed by atoms with E-state index in [-0.39, 0.29) is 5.91 Å². The van der Waals surface area contributed by atoms with Crippen LogP contribution in [0.25, 0.3) is 0 Å². The molecule has 3 rings (SSSR count). The summed E-state index contributed by atoms with van der Waals surface area (Å²) in [7, 11) is 0. The van der Waals surface area contributed by atoms with Crippen LogP contribution in [0.1, 0.15) is 21.8 Å². The van der Waals surface area contributed by atoms with Crippen molar-refractivity contribution in [2.45, 2.75) is 13.3 Å². The third-order valence-corrected chi connectivity index (χ3v) is 3.09. The Morgan fingerprint density at radius 1 is 1.50 bits per heavy atom. The summed E-state index contributed by atoms with van der Waals surface area (Å²) in [5.74, 6) is 1.02. The molecule has 0 N–H and O–H groups in total. The largest absolute Gasteiger partial charge is 0.361 e. The molecule has 1 amide bonds. The maximum Gasteiger partial charge on any atom is 0.281 e. The number of nitrogens with zero attached hydrogens (tertiary/aromatic N) is 3. The topological polar surface area (TPSA) is 59.2 Å². The van der Waals surface area contributed by atoms with E-state index in [2.05, 4.69) is 10.1 Å². The van der Waals surface area contributed by atoms with Gasteiger partial charge in [-0.05, 0) is 25.0 Å². The first-order valence-electron chi connectivity index (χ1n) is 5.56. The van der Waals surface area contributed by atoms with Gasteiger partial charge in [0.1, 0.15) is 16.7 Å². The summed E-state index contributed by atoms with van der Waals surface area (Å²) in [6.45, 7) is 2.34. The Morgan fingerprint density at radius 3 is 3.06 bits per heavy atom. The molecule has 0 radical (unpaired) electrons. The summed E-state index contributed by atoms with van der Waals surface area (Å²) in [6, 6.07) is 5.24. The zero-order valence-corrected chi connectivity index (χ0v) is 10.4. The van der Waals surface area contributed by atoms with Crippen LogP contribution in [0.15, 0.2) is 22.7 Å². The van der Waals surface area contributed by atoms with Gasteiger partial charge < -0.3 is 4.52 Å². The van der Waals surface area contributed by atoms with Gasteiger partial charge in [0.15, 0.2) is 5.69 Å². The Hall–Kier alpha value is -1.88. The molecule has 92 valence electrons. The fraction of sp³-hybridized carbons (Fsp3) is 0.250. The second-order valence-electron chi connectivity index (χ2n) is 4.15. The molecule has 6 heteroatoms. The van der Waals surface area contributed by atoms with Gasteiger partial charge in [-0.3, -0.25) is 9.69 Å². The molecule has 0 unspecified atom stereocenters. The zero-order valence-electron chi connectivity index (χ0n) is 9.68. The van der Waals surface area contributed by atoms with Gasteiger partial charge >= 0.3 is 0 Å². The average molecular weight is 264 g/mol. The Labute approximate surface area is 108 Å². The molecule has 0 fully saturated rings. The molecule has 0 aromatic carbocycles. The van der Waals surface area contributed by atoms with E-state index in [0.29, 0.717) is 29.0 Å². The van der Waals surface area contributed by atoms with E-state index in [0.717, 1.165) is 12.0 Å². The minimum Gasteiger partial charge on any atom is -0.361 e. The van der Waals surface area contributed by atoms with Crippen LogP contribution in [0, 0.1) is 6.92 Å². The van der Waals surface area contributed by atoms with Crippen LogP contribution in [-0.4, -0.2) is 22.6 Å². The number of aryl methyl sites for hydroxylation is 1. The predicted octanol–water partition coefficient (Wildman–Crippen LogP) is 2.23. The van der Waals surface area contributed by atoms with Crippen LogP contribution in [0.2, 0.25) is 5.15 Å². The molecule has 2 aromatic rings. The third kappa shape index (κ3) is 1.76. The summed E-state index contributed by atoms with van der Waals surface area (Å²) >= 11 is 5.86.